The molecule has 1 fully saturated rings. The molecule has 0 bridgehead atoms. The van der Waals surface area contributed by atoms with E-state index in [-0.39, 0.29) is 11.8 Å². The van der Waals surface area contributed by atoms with Gasteiger partial charge in [-0.15, -0.1) is 0 Å². The summed E-state index contributed by atoms with van der Waals surface area (Å²) in [5.74, 6) is 0.236. The minimum Gasteiger partial charge on any atom is -0.282 e. The van der Waals surface area contributed by atoms with E-state index in [9.17, 15) is 9.18 Å². The number of carbonyl (C=O) groups is 1. The third kappa shape index (κ3) is 2.53. The van der Waals surface area contributed by atoms with E-state index in [1.807, 2.05) is 26.8 Å². The van der Waals surface area contributed by atoms with Crippen LogP contribution >= 0.6 is 0 Å². The van der Waals surface area contributed by atoms with Crippen molar-refractivity contribution >= 4 is 17.2 Å². The first-order valence-electron chi connectivity index (χ1n) is 8.54. The molecule has 4 rings (SSSR count). The summed E-state index contributed by atoms with van der Waals surface area (Å²) in [6, 6.07) is 1.34. The van der Waals surface area contributed by atoms with Crippen LogP contribution in [0.3, 0.4) is 0 Å². The number of pyridine rings is 1. The van der Waals surface area contributed by atoms with E-state index in [0.29, 0.717) is 11.5 Å². The molecular weight excluding hydrogens is 331 g/mol. The van der Waals surface area contributed by atoms with E-state index < -0.39 is 11.2 Å². The molecular formula is C20H19FN4O. The standard InChI is InChI=1S/C20H19FN4O/c1-12-23-8-14(9-24-12)13-4-5-17-18(6-13)25(19(26)20(17,2)3)16-7-15(21)10-22-11-16/h4,6-11,17H,5H2,1-3H3. The van der Waals surface area contributed by atoms with Crippen molar-refractivity contribution in [1.29, 1.82) is 0 Å². The number of fused-ring (bicyclic) bond motifs is 1. The SMILES string of the molecule is Cc1ncc(C2=CCC3C(=C2)N(c2cncc(F)c2)C(=O)C3(C)C)cn1. The van der Waals surface area contributed by atoms with Gasteiger partial charge in [-0.05, 0) is 25.0 Å². The topological polar surface area (TPSA) is 59.0 Å². The van der Waals surface area contributed by atoms with Crippen LogP contribution < -0.4 is 4.90 Å². The van der Waals surface area contributed by atoms with Crippen molar-refractivity contribution in [3.63, 3.8) is 0 Å². The summed E-state index contributed by atoms with van der Waals surface area (Å²) in [5.41, 5.74) is 2.63. The minimum atomic E-state index is -0.566. The summed E-state index contributed by atoms with van der Waals surface area (Å²) in [7, 11) is 0. The molecule has 26 heavy (non-hydrogen) atoms. The molecule has 5 nitrogen and oxygen atoms in total. The number of carbonyl (C=O) groups excluding carboxylic acids is 1. The monoisotopic (exact) mass is 350 g/mol. The van der Waals surface area contributed by atoms with Gasteiger partial charge in [0, 0.05) is 35.6 Å². The molecule has 1 amide bonds. The van der Waals surface area contributed by atoms with Crippen molar-refractivity contribution in [2.45, 2.75) is 27.2 Å². The highest BCUT2D eigenvalue weighted by atomic mass is 19.1. The van der Waals surface area contributed by atoms with Gasteiger partial charge in [0.2, 0.25) is 5.91 Å². The molecule has 2 aliphatic rings. The van der Waals surface area contributed by atoms with E-state index in [2.05, 4.69) is 21.0 Å². The minimum absolute atomic E-state index is 0.0355. The van der Waals surface area contributed by atoms with E-state index in [1.54, 1.807) is 17.3 Å². The van der Waals surface area contributed by atoms with Crippen LogP contribution in [0.1, 0.15) is 31.7 Å². The lowest BCUT2D eigenvalue weighted by atomic mass is 9.75. The summed E-state index contributed by atoms with van der Waals surface area (Å²) < 4.78 is 13.7. The summed E-state index contributed by atoms with van der Waals surface area (Å²) >= 11 is 0. The lowest BCUT2D eigenvalue weighted by molar-refractivity contribution is -0.125. The number of allylic oxidation sites excluding steroid dienone is 4. The fraction of sp³-hybridized carbons (Fsp3) is 0.300. The Hall–Kier alpha value is -2.89. The maximum Gasteiger partial charge on any atom is 0.237 e. The summed E-state index contributed by atoms with van der Waals surface area (Å²) in [5, 5.41) is 0. The molecule has 1 saturated heterocycles. The molecule has 1 aliphatic heterocycles. The van der Waals surface area contributed by atoms with Crippen molar-refractivity contribution in [3.05, 3.63) is 65.9 Å². The van der Waals surface area contributed by atoms with E-state index in [4.69, 9.17) is 0 Å². The summed E-state index contributed by atoms with van der Waals surface area (Å²) in [4.78, 5) is 27.1. The number of hydrogen-bond acceptors (Lipinski definition) is 4. The third-order valence-electron chi connectivity index (χ3n) is 5.18. The van der Waals surface area contributed by atoms with Crippen LogP contribution in [-0.4, -0.2) is 20.9 Å². The van der Waals surface area contributed by atoms with Gasteiger partial charge < -0.3 is 0 Å². The Morgan fingerprint density at radius 2 is 1.92 bits per heavy atom. The van der Waals surface area contributed by atoms with Crippen molar-refractivity contribution in [2.24, 2.45) is 11.3 Å². The zero-order valence-corrected chi connectivity index (χ0v) is 14.9. The molecule has 0 radical (unpaired) electrons. The smallest absolute Gasteiger partial charge is 0.237 e. The lowest BCUT2D eigenvalue weighted by Crippen LogP contribution is -2.31. The van der Waals surface area contributed by atoms with Crippen molar-refractivity contribution in [2.75, 3.05) is 4.90 Å². The fourth-order valence-corrected chi connectivity index (χ4v) is 3.66. The van der Waals surface area contributed by atoms with Gasteiger partial charge in [0.15, 0.2) is 0 Å². The first kappa shape index (κ1) is 16.6. The summed E-state index contributed by atoms with van der Waals surface area (Å²) in [6.45, 7) is 5.72. The molecule has 3 heterocycles. The highest BCUT2D eigenvalue weighted by Crippen LogP contribution is 2.50. The number of halogens is 1. The number of rotatable bonds is 2. The Balaban J connectivity index is 1.81. The second-order valence-corrected chi connectivity index (χ2v) is 7.26. The number of hydrogen-bond donors (Lipinski definition) is 0. The lowest BCUT2D eigenvalue weighted by Gasteiger charge is -2.26. The van der Waals surface area contributed by atoms with Crippen LogP contribution in [0.25, 0.3) is 5.57 Å². The van der Waals surface area contributed by atoms with Crippen LogP contribution in [0.2, 0.25) is 0 Å². The van der Waals surface area contributed by atoms with E-state index in [1.165, 1.54) is 12.3 Å². The van der Waals surface area contributed by atoms with Gasteiger partial charge in [-0.2, -0.15) is 0 Å². The van der Waals surface area contributed by atoms with Gasteiger partial charge in [-0.3, -0.25) is 14.7 Å². The van der Waals surface area contributed by atoms with Crippen LogP contribution in [-0.2, 0) is 4.79 Å². The Bertz CT molecular complexity index is 947. The molecule has 132 valence electrons. The molecule has 2 aromatic rings. The summed E-state index contributed by atoms with van der Waals surface area (Å²) in [6.07, 6.45) is 11.0. The molecule has 1 atom stereocenters. The molecule has 0 aromatic carbocycles. The van der Waals surface area contributed by atoms with Crippen molar-refractivity contribution in [3.8, 4) is 0 Å². The largest absolute Gasteiger partial charge is 0.282 e. The fourth-order valence-electron chi connectivity index (χ4n) is 3.66. The van der Waals surface area contributed by atoms with E-state index in [0.717, 1.165) is 29.5 Å². The number of amides is 1. The predicted octanol–water partition coefficient (Wildman–Crippen LogP) is 3.68. The average molecular weight is 350 g/mol. The van der Waals surface area contributed by atoms with Crippen molar-refractivity contribution in [1.82, 2.24) is 15.0 Å². The molecule has 0 N–H and O–H groups in total. The highest BCUT2D eigenvalue weighted by molar-refractivity contribution is 6.04. The molecule has 0 spiro atoms. The van der Waals surface area contributed by atoms with Gasteiger partial charge >= 0.3 is 0 Å². The van der Waals surface area contributed by atoms with Gasteiger partial charge in [-0.25, -0.2) is 14.4 Å². The molecule has 0 saturated carbocycles. The Labute approximate surface area is 151 Å². The zero-order valence-electron chi connectivity index (χ0n) is 14.9. The number of aromatic nitrogens is 3. The first-order valence-corrected chi connectivity index (χ1v) is 8.54. The second kappa shape index (κ2) is 5.83. The maximum absolute atomic E-state index is 13.7. The normalized spacial score (nSPS) is 21.3. The van der Waals surface area contributed by atoms with Crippen LogP contribution in [0, 0.1) is 24.1 Å². The number of aryl methyl sites for hydroxylation is 1. The van der Waals surface area contributed by atoms with Crippen molar-refractivity contribution < 1.29 is 9.18 Å². The zero-order chi connectivity index (χ0) is 18.5. The Kier molecular flexibility index (Phi) is 3.72. The Morgan fingerprint density at radius 3 is 2.62 bits per heavy atom. The number of anilines is 1. The maximum atomic E-state index is 13.7. The number of nitrogens with zero attached hydrogens (tertiary/aromatic N) is 4. The van der Waals surface area contributed by atoms with Crippen LogP contribution in [0.4, 0.5) is 10.1 Å². The molecule has 6 heteroatoms. The first-order chi connectivity index (χ1) is 12.4. The Morgan fingerprint density at radius 1 is 1.19 bits per heavy atom. The quantitative estimate of drug-likeness (QED) is 0.829. The van der Waals surface area contributed by atoms with Crippen LogP contribution in [0.15, 0.2) is 48.7 Å². The van der Waals surface area contributed by atoms with Gasteiger partial charge in [0.05, 0.1) is 23.5 Å². The highest BCUT2D eigenvalue weighted by Gasteiger charge is 2.51. The van der Waals surface area contributed by atoms with E-state index >= 15 is 0 Å². The molecule has 1 aliphatic carbocycles. The van der Waals surface area contributed by atoms with Gasteiger partial charge in [0.1, 0.15) is 11.6 Å². The van der Waals surface area contributed by atoms with Gasteiger partial charge in [-0.1, -0.05) is 19.9 Å². The predicted molar refractivity (Wildman–Crippen MR) is 96.4 cm³/mol. The molecule has 2 aromatic heterocycles. The average Bonchev–Trinajstić information content (AvgIpc) is 2.81. The second-order valence-electron chi connectivity index (χ2n) is 7.26. The third-order valence-corrected chi connectivity index (χ3v) is 5.18. The molecule has 1 unspecified atom stereocenters. The van der Waals surface area contributed by atoms with Gasteiger partial charge in [0.25, 0.3) is 0 Å². The van der Waals surface area contributed by atoms with Crippen LogP contribution in [0.5, 0.6) is 0 Å².